The van der Waals surface area contributed by atoms with Crippen LogP contribution >= 0.6 is 0 Å². The van der Waals surface area contributed by atoms with E-state index in [0.717, 1.165) is 31.7 Å². The van der Waals surface area contributed by atoms with E-state index in [2.05, 4.69) is 5.32 Å². The van der Waals surface area contributed by atoms with Gasteiger partial charge < -0.3 is 5.32 Å². The lowest BCUT2D eigenvalue weighted by Gasteiger charge is -2.13. The molecule has 0 atom stereocenters. The van der Waals surface area contributed by atoms with E-state index in [4.69, 9.17) is 5.14 Å². The topological polar surface area (TPSA) is 115 Å². The summed E-state index contributed by atoms with van der Waals surface area (Å²) < 4.78 is 22.4. The number of primary sulfonamides is 1. The molecule has 0 heterocycles. The molecule has 0 aromatic heterocycles. The van der Waals surface area contributed by atoms with E-state index in [0.29, 0.717) is 5.69 Å². The fourth-order valence-electron chi connectivity index (χ4n) is 2.25. The summed E-state index contributed by atoms with van der Waals surface area (Å²) in [4.78, 5) is 10.1. The lowest BCUT2D eigenvalue weighted by atomic mass is 10.2. The number of rotatable bonds is 4. The number of hydrogen-bond acceptors (Lipinski definition) is 5. The van der Waals surface area contributed by atoms with Gasteiger partial charge in [-0.3, -0.25) is 10.1 Å². The third-order valence-corrected chi connectivity index (χ3v) is 4.12. The monoisotopic (exact) mass is 285 g/mol. The van der Waals surface area contributed by atoms with Crippen LogP contribution in [0.15, 0.2) is 23.1 Å². The van der Waals surface area contributed by atoms with Crippen LogP contribution in [0.4, 0.5) is 11.4 Å². The minimum Gasteiger partial charge on any atom is -0.377 e. The molecule has 1 fully saturated rings. The second-order valence-electron chi connectivity index (χ2n) is 4.61. The van der Waals surface area contributed by atoms with Gasteiger partial charge in [-0.15, -0.1) is 0 Å². The first-order valence-electron chi connectivity index (χ1n) is 5.96. The molecule has 0 radical (unpaired) electrons. The first kappa shape index (κ1) is 13.8. The van der Waals surface area contributed by atoms with Crippen LogP contribution in [0.2, 0.25) is 0 Å². The summed E-state index contributed by atoms with van der Waals surface area (Å²) in [6, 6.07) is 3.88. The normalized spacial score (nSPS) is 16.5. The summed E-state index contributed by atoms with van der Waals surface area (Å²) in [6.07, 6.45) is 4.13. The molecule has 8 heteroatoms. The maximum atomic E-state index is 11.2. The Morgan fingerprint density at radius 2 is 1.95 bits per heavy atom. The number of nitro benzene ring substituents is 1. The van der Waals surface area contributed by atoms with Gasteiger partial charge in [0.2, 0.25) is 10.0 Å². The minimum absolute atomic E-state index is 0.207. The molecular weight excluding hydrogens is 270 g/mol. The molecule has 1 aromatic rings. The SMILES string of the molecule is NS(=O)(=O)c1ccc(NC2CCCC2)c([N+](=O)[O-])c1. The van der Waals surface area contributed by atoms with Crippen molar-refractivity contribution < 1.29 is 13.3 Å². The van der Waals surface area contributed by atoms with Crippen LogP contribution in [-0.2, 0) is 10.0 Å². The van der Waals surface area contributed by atoms with E-state index in [1.54, 1.807) is 0 Å². The summed E-state index contributed by atoms with van der Waals surface area (Å²) in [5.74, 6) is 0. The molecule has 0 amide bonds. The largest absolute Gasteiger partial charge is 0.377 e. The van der Waals surface area contributed by atoms with Gasteiger partial charge in [0.15, 0.2) is 0 Å². The van der Waals surface area contributed by atoms with E-state index in [9.17, 15) is 18.5 Å². The van der Waals surface area contributed by atoms with Crippen LogP contribution < -0.4 is 10.5 Å². The third-order valence-electron chi connectivity index (χ3n) is 3.21. The Kier molecular flexibility index (Phi) is 3.72. The first-order chi connectivity index (χ1) is 8.88. The van der Waals surface area contributed by atoms with Gasteiger partial charge in [-0.1, -0.05) is 12.8 Å². The van der Waals surface area contributed by atoms with Crippen LogP contribution in [0, 0.1) is 10.1 Å². The zero-order chi connectivity index (χ0) is 14.0. The van der Waals surface area contributed by atoms with E-state index in [-0.39, 0.29) is 16.6 Å². The predicted molar refractivity (Wildman–Crippen MR) is 70.3 cm³/mol. The number of sulfonamides is 1. The van der Waals surface area contributed by atoms with E-state index in [1.165, 1.54) is 12.1 Å². The van der Waals surface area contributed by atoms with Crippen molar-refractivity contribution in [2.24, 2.45) is 5.14 Å². The summed E-state index contributed by atoms with van der Waals surface area (Å²) in [5, 5.41) is 19.1. The van der Waals surface area contributed by atoms with Crippen LogP contribution in [0.25, 0.3) is 0 Å². The van der Waals surface area contributed by atoms with Gasteiger partial charge in [-0.2, -0.15) is 0 Å². The van der Waals surface area contributed by atoms with Crippen LogP contribution in [0.1, 0.15) is 25.7 Å². The number of benzene rings is 1. The van der Waals surface area contributed by atoms with Crippen molar-refractivity contribution in [3.8, 4) is 0 Å². The minimum atomic E-state index is -3.94. The van der Waals surface area contributed by atoms with Gasteiger partial charge in [-0.25, -0.2) is 13.6 Å². The summed E-state index contributed by atoms with van der Waals surface area (Å²) in [5.41, 5.74) is 0.0720. The number of nitro groups is 1. The second-order valence-corrected chi connectivity index (χ2v) is 6.17. The smallest absolute Gasteiger partial charge is 0.293 e. The second kappa shape index (κ2) is 5.14. The zero-order valence-electron chi connectivity index (χ0n) is 10.2. The molecule has 19 heavy (non-hydrogen) atoms. The summed E-state index contributed by atoms with van der Waals surface area (Å²) >= 11 is 0. The summed E-state index contributed by atoms with van der Waals surface area (Å²) in [6.45, 7) is 0. The van der Waals surface area contributed by atoms with E-state index < -0.39 is 14.9 Å². The van der Waals surface area contributed by atoms with Gasteiger partial charge in [0.05, 0.1) is 9.82 Å². The Labute approximate surface area is 111 Å². The molecule has 1 aliphatic rings. The number of anilines is 1. The lowest BCUT2D eigenvalue weighted by Crippen LogP contribution is -2.17. The lowest BCUT2D eigenvalue weighted by molar-refractivity contribution is -0.384. The third kappa shape index (κ3) is 3.21. The maximum absolute atomic E-state index is 11.2. The van der Waals surface area contributed by atoms with Crippen molar-refractivity contribution in [3.05, 3.63) is 28.3 Å². The highest BCUT2D eigenvalue weighted by molar-refractivity contribution is 7.89. The fourth-order valence-corrected chi connectivity index (χ4v) is 2.79. The maximum Gasteiger partial charge on any atom is 0.293 e. The molecule has 1 saturated carbocycles. The number of nitrogens with one attached hydrogen (secondary N) is 1. The Morgan fingerprint density at radius 1 is 1.32 bits per heavy atom. The van der Waals surface area contributed by atoms with Crippen molar-refractivity contribution in [3.63, 3.8) is 0 Å². The average molecular weight is 285 g/mol. The molecular formula is C11H15N3O4S. The van der Waals surface area contributed by atoms with Crippen molar-refractivity contribution in [1.29, 1.82) is 0 Å². The van der Waals surface area contributed by atoms with Gasteiger partial charge in [-0.05, 0) is 25.0 Å². The zero-order valence-corrected chi connectivity index (χ0v) is 11.0. The van der Waals surface area contributed by atoms with E-state index >= 15 is 0 Å². The van der Waals surface area contributed by atoms with Gasteiger partial charge in [0, 0.05) is 12.1 Å². The quantitative estimate of drug-likeness (QED) is 0.644. The Balaban J connectivity index is 2.35. The van der Waals surface area contributed by atoms with Crippen molar-refractivity contribution in [2.75, 3.05) is 5.32 Å². The van der Waals surface area contributed by atoms with Crippen LogP contribution in [0.3, 0.4) is 0 Å². The molecule has 3 N–H and O–H groups in total. The number of hydrogen-bond donors (Lipinski definition) is 2. The standard InChI is InChI=1S/C11H15N3O4S/c12-19(17,18)9-5-6-10(11(7-9)14(15)16)13-8-3-1-2-4-8/h5-8,13H,1-4H2,(H2,12,17,18). The van der Waals surface area contributed by atoms with Crippen molar-refractivity contribution in [1.82, 2.24) is 0 Å². The van der Waals surface area contributed by atoms with E-state index in [1.807, 2.05) is 0 Å². The number of nitrogens with zero attached hydrogens (tertiary/aromatic N) is 1. The molecule has 1 aromatic carbocycles. The highest BCUT2D eigenvalue weighted by Crippen LogP contribution is 2.30. The van der Waals surface area contributed by atoms with Gasteiger partial charge in [0.25, 0.3) is 5.69 Å². The summed E-state index contributed by atoms with van der Waals surface area (Å²) in [7, 11) is -3.94. The predicted octanol–water partition coefficient (Wildman–Crippen LogP) is 1.60. The van der Waals surface area contributed by atoms with Crippen LogP contribution in [0.5, 0.6) is 0 Å². The molecule has 1 aliphatic carbocycles. The van der Waals surface area contributed by atoms with Gasteiger partial charge in [0.1, 0.15) is 5.69 Å². The number of nitrogens with two attached hydrogens (primary N) is 1. The molecule has 2 rings (SSSR count). The van der Waals surface area contributed by atoms with Crippen molar-refractivity contribution in [2.45, 2.75) is 36.6 Å². The Bertz CT molecular complexity index is 594. The molecule has 0 aliphatic heterocycles. The molecule has 0 saturated heterocycles. The molecule has 0 unspecified atom stereocenters. The Morgan fingerprint density at radius 3 is 2.47 bits per heavy atom. The molecule has 0 bridgehead atoms. The van der Waals surface area contributed by atoms with Crippen LogP contribution in [-0.4, -0.2) is 19.4 Å². The molecule has 104 valence electrons. The average Bonchev–Trinajstić information content (AvgIpc) is 2.80. The first-order valence-corrected chi connectivity index (χ1v) is 7.50. The highest BCUT2D eigenvalue weighted by Gasteiger charge is 2.22. The molecule has 0 spiro atoms. The Hall–Kier alpha value is -1.67. The van der Waals surface area contributed by atoms with Crippen molar-refractivity contribution >= 4 is 21.4 Å². The van der Waals surface area contributed by atoms with Gasteiger partial charge >= 0.3 is 0 Å². The molecule has 7 nitrogen and oxygen atoms in total. The highest BCUT2D eigenvalue weighted by atomic mass is 32.2. The fraction of sp³-hybridized carbons (Fsp3) is 0.455.